The van der Waals surface area contributed by atoms with Gasteiger partial charge in [-0.05, 0) is 41.4 Å². The van der Waals surface area contributed by atoms with Crippen molar-refractivity contribution in [2.24, 2.45) is 34.0 Å². The molecule has 1 heterocycles. The summed E-state index contributed by atoms with van der Waals surface area (Å²) in [6.45, 7) is 27.1. The summed E-state index contributed by atoms with van der Waals surface area (Å²) in [4.78, 5) is 0. The Kier molecular flexibility index (Phi) is 8.87. The minimum atomic E-state index is 0.500. The fraction of sp³-hybridized carbons (Fsp3) is 1.00. The molecule has 0 aromatic carbocycles. The molecule has 23 heavy (non-hydrogen) atoms. The molecule has 0 N–H and O–H groups in total. The Bertz CT molecular complexity index is 287. The molecule has 2 rings (SSSR count). The van der Waals surface area contributed by atoms with E-state index < -0.39 is 0 Å². The molecule has 0 aromatic rings. The summed E-state index contributed by atoms with van der Waals surface area (Å²) in [7, 11) is 0. The predicted molar refractivity (Wildman–Crippen MR) is 105 cm³/mol. The van der Waals surface area contributed by atoms with Gasteiger partial charge in [0.25, 0.3) is 0 Å². The van der Waals surface area contributed by atoms with Crippen LogP contribution in [0.1, 0.15) is 95.4 Å². The summed E-state index contributed by atoms with van der Waals surface area (Å²) in [5.41, 5.74) is 1.72. The van der Waals surface area contributed by atoms with Gasteiger partial charge in [0.1, 0.15) is 0 Å². The Balaban J connectivity index is 0.000000317. The van der Waals surface area contributed by atoms with Crippen LogP contribution in [-0.4, -0.2) is 13.2 Å². The lowest BCUT2D eigenvalue weighted by atomic mass is 9.64. The van der Waals surface area contributed by atoms with Gasteiger partial charge in [0.05, 0.1) is 13.2 Å². The monoisotopic (exact) mass is 326 g/mol. The molecule has 1 heteroatoms. The summed E-state index contributed by atoms with van der Waals surface area (Å²) in [6, 6.07) is 0. The molecule has 140 valence electrons. The highest BCUT2D eigenvalue weighted by Gasteiger charge is 2.36. The molecule has 0 bridgehead atoms. The van der Waals surface area contributed by atoms with Crippen molar-refractivity contribution in [1.29, 1.82) is 0 Å². The summed E-state index contributed by atoms with van der Waals surface area (Å²) < 4.78 is 5.10. The molecule has 0 aromatic heterocycles. The highest BCUT2D eigenvalue weighted by molar-refractivity contribution is 4.85. The first-order valence-electron chi connectivity index (χ1n) is 9.82. The molecule has 0 atom stereocenters. The van der Waals surface area contributed by atoms with Crippen molar-refractivity contribution in [3.63, 3.8) is 0 Å². The normalized spacial score (nSPS) is 21.7. The van der Waals surface area contributed by atoms with E-state index >= 15 is 0 Å². The van der Waals surface area contributed by atoms with E-state index in [0.29, 0.717) is 10.8 Å². The molecule has 2 fully saturated rings. The standard InChI is InChI=1S/C8H16.C7H14O.C7H16/c1-7(2)8(3)5-4-6-8;1-6(2)7(3)4-8-5-7;1-6(2)7(3,4)5/h7H,4-6H2,1-3H3;6H,4-5H2,1-3H3;6H,1-5H3. The lowest BCUT2D eigenvalue weighted by molar-refractivity contribution is -0.126. The van der Waals surface area contributed by atoms with E-state index in [1.165, 1.54) is 19.3 Å². The molecule has 0 radical (unpaired) electrons. The van der Waals surface area contributed by atoms with Crippen LogP contribution < -0.4 is 0 Å². The van der Waals surface area contributed by atoms with Gasteiger partial charge in [0.15, 0.2) is 0 Å². The summed E-state index contributed by atoms with van der Waals surface area (Å²) >= 11 is 0. The van der Waals surface area contributed by atoms with Gasteiger partial charge in [0.2, 0.25) is 0 Å². The van der Waals surface area contributed by atoms with E-state index in [9.17, 15) is 0 Å². The van der Waals surface area contributed by atoms with Crippen molar-refractivity contribution in [3.05, 3.63) is 0 Å². The van der Waals surface area contributed by atoms with E-state index in [2.05, 4.69) is 76.2 Å². The fourth-order valence-electron chi connectivity index (χ4n) is 2.07. The van der Waals surface area contributed by atoms with Gasteiger partial charge in [-0.15, -0.1) is 0 Å². The predicted octanol–water partition coefficient (Wildman–Crippen LogP) is 7.20. The van der Waals surface area contributed by atoms with Crippen molar-refractivity contribution in [2.45, 2.75) is 95.4 Å². The average molecular weight is 327 g/mol. The summed E-state index contributed by atoms with van der Waals surface area (Å²) in [5.74, 6) is 2.47. The van der Waals surface area contributed by atoms with Crippen molar-refractivity contribution in [2.75, 3.05) is 13.2 Å². The van der Waals surface area contributed by atoms with Crippen LogP contribution in [0.5, 0.6) is 0 Å². The van der Waals surface area contributed by atoms with Crippen molar-refractivity contribution in [3.8, 4) is 0 Å². The van der Waals surface area contributed by atoms with Crippen LogP contribution in [0.2, 0.25) is 0 Å². The zero-order valence-corrected chi connectivity index (χ0v) is 18.2. The van der Waals surface area contributed by atoms with Crippen molar-refractivity contribution in [1.82, 2.24) is 0 Å². The third-order valence-electron chi connectivity index (χ3n) is 6.88. The van der Waals surface area contributed by atoms with Gasteiger partial charge in [-0.1, -0.05) is 82.6 Å². The zero-order chi connectivity index (χ0) is 18.5. The Hall–Kier alpha value is -0.0400. The van der Waals surface area contributed by atoms with Gasteiger partial charge in [-0.3, -0.25) is 0 Å². The Morgan fingerprint density at radius 1 is 0.739 bits per heavy atom. The van der Waals surface area contributed by atoms with E-state index in [4.69, 9.17) is 4.74 Å². The van der Waals surface area contributed by atoms with Crippen LogP contribution in [0.25, 0.3) is 0 Å². The Morgan fingerprint density at radius 3 is 1.09 bits per heavy atom. The minimum Gasteiger partial charge on any atom is -0.380 e. The SMILES string of the molecule is CC(C)C(C)(C)C.CC(C)C1(C)CCC1.CC(C)C1(C)COC1. The first-order chi connectivity index (χ1) is 10.2. The van der Waals surface area contributed by atoms with Crippen LogP contribution in [0.4, 0.5) is 0 Å². The molecular weight excluding hydrogens is 280 g/mol. The van der Waals surface area contributed by atoms with Crippen LogP contribution in [-0.2, 0) is 4.74 Å². The molecule has 1 saturated carbocycles. The maximum absolute atomic E-state index is 5.10. The second-order valence-electron chi connectivity index (χ2n) is 10.5. The second-order valence-corrected chi connectivity index (χ2v) is 10.5. The molecule has 0 unspecified atom stereocenters. The molecule has 1 nitrogen and oxygen atoms in total. The topological polar surface area (TPSA) is 9.23 Å². The highest BCUT2D eigenvalue weighted by atomic mass is 16.5. The van der Waals surface area contributed by atoms with Gasteiger partial charge in [-0.2, -0.15) is 0 Å². The third kappa shape index (κ3) is 7.59. The quantitative estimate of drug-likeness (QED) is 0.521. The Labute approximate surface area is 148 Å². The van der Waals surface area contributed by atoms with Gasteiger partial charge < -0.3 is 4.74 Å². The maximum atomic E-state index is 5.10. The zero-order valence-electron chi connectivity index (χ0n) is 18.2. The van der Waals surface area contributed by atoms with Crippen molar-refractivity contribution < 1.29 is 4.74 Å². The van der Waals surface area contributed by atoms with E-state index in [-0.39, 0.29) is 0 Å². The molecule has 0 spiro atoms. The number of hydrogen-bond donors (Lipinski definition) is 0. The molecule has 1 aliphatic carbocycles. The van der Waals surface area contributed by atoms with Crippen molar-refractivity contribution >= 4 is 0 Å². The molecular formula is C22H46O. The van der Waals surface area contributed by atoms with Crippen LogP contribution in [0.15, 0.2) is 0 Å². The largest absolute Gasteiger partial charge is 0.380 e. The highest BCUT2D eigenvalue weighted by Crippen LogP contribution is 2.46. The van der Waals surface area contributed by atoms with E-state index in [1.54, 1.807) is 0 Å². The lowest BCUT2D eigenvalue weighted by Crippen LogP contribution is -2.43. The molecule has 1 saturated heterocycles. The van der Waals surface area contributed by atoms with Gasteiger partial charge in [0, 0.05) is 5.41 Å². The first kappa shape index (κ1) is 23.0. The van der Waals surface area contributed by atoms with Crippen LogP contribution in [0.3, 0.4) is 0 Å². The lowest BCUT2D eigenvalue weighted by Gasteiger charge is -2.42. The number of hydrogen-bond acceptors (Lipinski definition) is 1. The van der Waals surface area contributed by atoms with E-state index in [0.717, 1.165) is 36.4 Å². The third-order valence-corrected chi connectivity index (χ3v) is 6.88. The number of ether oxygens (including phenoxy) is 1. The molecule has 1 aliphatic heterocycles. The van der Waals surface area contributed by atoms with Gasteiger partial charge >= 0.3 is 0 Å². The second kappa shape index (κ2) is 8.88. The smallest absolute Gasteiger partial charge is 0.0544 e. The maximum Gasteiger partial charge on any atom is 0.0544 e. The average Bonchev–Trinajstić information content (AvgIpc) is 2.32. The summed E-state index contributed by atoms with van der Waals surface area (Å²) in [6.07, 6.45) is 4.39. The molecule has 0 amide bonds. The fourth-order valence-corrected chi connectivity index (χ4v) is 2.07. The van der Waals surface area contributed by atoms with E-state index in [1.807, 2.05) is 0 Å². The van der Waals surface area contributed by atoms with Gasteiger partial charge in [-0.25, -0.2) is 0 Å². The molecule has 2 aliphatic rings. The Morgan fingerprint density at radius 2 is 1.09 bits per heavy atom. The summed E-state index contributed by atoms with van der Waals surface area (Å²) in [5, 5.41) is 0. The first-order valence-corrected chi connectivity index (χ1v) is 9.82. The van der Waals surface area contributed by atoms with Crippen LogP contribution >= 0.6 is 0 Å². The minimum absolute atomic E-state index is 0.500. The van der Waals surface area contributed by atoms with Crippen LogP contribution in [0, 0.1) is 34.0 Å². The number of rotatable bonds is 2.